The van der Waals surface area contributed by atoms with Crippen LogP contribution in [-0.4, -0.2) is 73.4 Å². The summed E-state index contributed by atoms with van der Waals surface area (Å²) in [5, 5.41) is 7.73. The van der Waals surface area contributed by atoms with E-state index in [1.54, 1.807) is 7.05 Å². The summed E-state index contributed by atoms with van der Waals surface area (Å²) < 4.78 is 7.59. The molecule has 26 heavy (non-hydrogen) atoms. The number of likely N-dealkylation sites (N-methyl/N-ethyl adjacent to an activating group) is 2. The Hall–Kier alpha value is -2.54. The van der Waals surface area contributed by atoms with Crippen molar-refractivity contribution < 1.29 is 4.74 Å². The Morgan fingerprint density at radius 1 is 1.27 bits per heavy atom. The number of nitrogens with one attached hydrogen (secondary N) is 1. The molecule has 7 heteroatoms. The molecule has 0 bridgehead atoms. The lowest BCUT2D eigenvalue weighted by atomic mass is 10.1. The van der Waals surface area contributed by atoms with E-state index in [9.17, 15) is 0 Å². The van der Waals surface area contributed by atoms with Gasteiger partial charge in [0.1, 0.15) is 12.4 Å². The van der Waals surface area contributed by atoms with E-state index in [1.807, 2.05) is 61.5 Å². The van der Waals surface area contributed by atoms with Crippen molar-refractivity contribution in [3.05, 3.63) is 48.3 Å². The molecule has 2 aromatic rings. The van der Waals surface area contributed by atoms with Gasteiger partial charge in [0.2, 0.25) is 0 Å². The third-order valence-corrected chi connectivity index (χ3v) is 4.20. The van der Waals surface area contributed by atoms with E-state index in [4.69, 9.17) is 4.74 Å². The largest absolute Gasteiger partial charge is 0.492 e. The Bertz CT molecular complexity index is 682. The lowest BCUT2D eigenvalue weighted by molar-refractivity contribution is 0.275. The summed E-state index contributed by atoms with van der Waals surface area (Å²) >= 11 is 0. The summed E-state index contributed by atoms with van der Waals surface area (Å²) in [5.41, 5.74) is 1.18. The summed E-state index contributed by atoms with van der Waals surface area (Å²) in [5.74, 6) is 1.73. The lowest BCUT2D eigenvalue weighted by Gasteiger charge is -2.27. The second-order valence-electron chi connectivity index (χ2n) is 6.44. The molecule has 0 saturated heterocycles. The summed E-state index contributed by atoms with van der Waals surface area (Å²) in [6.07, 6.45) is 3.96. The number of para-hydroxylation sites is 1. The SMILES string of the molecule is CN=C(NCC(c1cnn(C)c1)N(C)C)N(C)CCOc1ccccc1. The minimum absolute atomic E-state index is 0.217. The third-order valence-electron chi connectivity index (χ3n) is 4.20. The smallest absolute Gasteiger partial charge is 0.193 e. The zero-order valence-electron chi connectivity index (χ0n) is 16.4. The lowest BCUT2D eigenvalue weighted by Crippen LogP contribution is -2.44. The molecule has 0 aliphatic heterocycles. The van der Waals surface area contributed by atoms with Crippen LogP contribution in [0.15, 0.2) is 47.7 Å². The molecule has 1 N–H and O–H groups in total. The van der Waals surface area contributed by atoms with Crippen LogP contribution >= 0.6 is 0 Å². The third kappa shape index (κ3) is 5.77. The van der Waals surface area contributed by atoms with Crippen LogP contribution in [0, 0.1) is 0 Å². The Labute approximate surface area is 156 Å². The van der Waals surface area contributed by atoms with Crippen molar-refractivity contribution in [2.24, 2.45) is 12.0 Å². The number of aliphatic imine (C=N–C) groups is 1. The monoisotopic (exact) mass is 358 g/mol. The fourth-order valence-electron chi connectivity index (χ4n) is 2.71. The van der Waals surface area contributed by atoms with Gasteiger partial charge in [-0.1, -0.05) is 18.2 Å². The van der Waals surface area contributed by atoms with Gasteiger partial charge in [-0.25, -0.2) is 0 Å². The van der Waals surface area contributed by atoms with Gasteiger partial charge >= 0.3 is 0 Å². The van der Waals surface area contributed by atoms with Gasteiger partial charge in [0.05, 0.1) is 18.8 Å². The predicted molar refractivity (Wildman–Crippen MR) is 106 cm³/mol. The Balaban J connectivity index is 1.85. The zero-order chi connectivity index (χ0) is 18.9. The molecule has 1 heterocycles. The standard InChI is InChI=1S/C19H30N6O/c1-20-19(24(4)11-12-26-17-9-7-6-8-10-17)21-14-18(23(2)3)16-13-22-25(5)15-16/h6-10,13,15,18H,11-12,14H2,1-5H3,(H,20,21). The van der Waals surface area contributed by atoms with E-state index in [2.05, 4.69) is 39.3 Å². The fraction of sp³-hybridized carbons (Fsp3) is 0.474. The number of rotatable bonds is 8. The number of nitrogens with zero attached hydrogens (tertiary/aromatic N) is 5. The maximum atomic E-state index is 5.76. The molecule has 0 saturated carbocycles. The van der Waals surface area contributed by atoms with Crippen LogP contribution in [0.1, 0.15) is 11.6 Å². The summed E-state index contributed by atoms with van der Waals surface area (Å²) in [7, 11) is 9.88. The highest BCUT2D eigenvalue weighted by Crippen LogP contribution is 2.16. The molecule has 1 unspecified atom stereocenters. The van der Waals surface area contributed by atoms with Gasteiger partial charge in [0.15, 0.2) is 5.96 Å². The Morgan fingerprint density at radius 3 is 2.58 bits per heavy atom. The number of hydrogen-bond acceptors (Lipinski definition) is 4. The Kier molecular flexibility index (Phi) is 7.47. The minimum atomic E-state index is 0.217. The maximum absolute atomic E-state index is 5.76. The van der Waals surface area contributed by atoms with Crippen LogP contribution in [0.5, 0.6) is 5.75 Å². The number of hydrogen-bond donors (Lipinski definition) is 1. The summed E-state index contributed by atoms with van der Waals surface area (Å²) in [6, 6.07) is 10.1. The molecule has 0 aliphatic carbocycles. The van der Waals surface area contributed by atoms with E-state index in [0.717, 1.165) is 24.8 Å². The number of aryl methyl sites for hydroxylation is 1. The second kappa shape index (κ2) is 9.82. The van der Waals surface area contributed by atoms with Crippen molar-refractivity contribution in [1.82, 2.24) is 24.9 Å². The van der Waals surface area contributed by atoms with Gasteiger partial charge in [0, 0.05) is 39.4 Å². The molecular formula is C19H30N6O. The van der Waals surface area contributed by atoms with Gasteiger partial charge in [-0.3, -0.25) is 9.67 Å². The minimum Gasteiger partial charge on any atom is -0.492 e. The van der Waals surface area contributed by atoms with E-state index >= 15 is 0 Å². The molecule has 0 aliphatic rings. The molecule has 1 atom stereocenters. The van der Waals surface area contributed by atoms with Crippen LogP contribution in [0.2, 0.25) is 0 Å². The first kappa shape index (κ1) is 19.8. The van der Waals surface area contributed by atoms with Gasteiger partial charge < -0.3 is 19.9 Å². The van der Waals surface area contributed by atoms with Crippen LogP contribution in [0.3, 0.4) is 0 Å². The van der Waals surface area contributed by atoms with Crippen LogP contribution in [0.4, 0.5) is 0 Å². The first-order valence-corrected chi connectivity index (χ1v) is 8.76. The Morgan fingerprint density at radius 2 is 2.00 bits per heavy atom. The fourth-order valence-corrected chi connectivity index (χ4v) is 2.71. The van der Waals surface area contributed by atoms with Gasteiger partial charge in [0.25, 0.3) is 0 Å². The average molecular weight is 358 g/mol. The van der Waals surface area contributed by atoms with Crippen LogP contribution in [0.25, 0.3) is 0 Å². The van der Waals surface area contributed by atoms with E-state index in [0.29, 0.717) is 6.61 Å². The number of ether oxygens (including phenoxy) is 1. The average Bonchev–Trinajstić information content (AvgIpc) is 3.05. The van der Waals surface area contributed by atoms with Crippen molar-refractivity contribution in [3.8, 4) is 5.75 Å². The zero-order valence-corrected chi connectivity index (χ0v) is 16.4. The topological polar surface area (TPSA) is 57.9 Å². The molecule has 1 aromatic heterocycles. The van der Waals surface area contributed by atoms with Crippen molar-refractivity contribution in [2.75, 3.05) is 47.9 Å². The van der Waals surface area contributed by atoms with Gasteiger partial charge in [-0.05, 0) is 26.2 Å². The molecule has 7 nitrogen and oxygen atoms in total. The maximum Gasteiger partial charge on any atom is 0.193 e. The van der Waals surface area contributed by atoms with Gasteiger partial charge in [-0.2, -0.15) is 5.10 Å². The van der Waals surface area contributed by atoms with Gasteiger partial charge in [-0.15, -0.1) is 0 Å². The molecule has 1 aromatic carbocycles. The normalized spacial score (nSPS) is 12.9. The molecule has 0 fully saturated rings. The molecule has 0 radical (unpaired) electrons. The molecule has 142 valence electrons. The molecule has 0 spiro atoms. The highest BCUT2D eigenvalue weighted by atomic mass is 16.5. The van der Waals surface area contributed by atoms with E-state index in [-0.39, 0.29) is 6.04 Å². The highest BCUT2D eigenvalue weighted by Gasteiger charge is 2.17. The van der Waals surface area contributed by atoms with Crippen LogP contribution in [-0.2, 0) is 7.05 Å². The highest BCUT2D eigenvalue weighted by molar-refractivity contribution is 5.79. The quantitative estimate of drug-likeness (QED) is 0.574. The van der Waals surface area contributed by atoms with Crippen molar-refractivity contribution >= 4 is 5.96 Å². The molecule has 2 rings (SSSR count). The number of guanidine groups is 1. The first-order valence-electron chi connectivity index (χ1n) is 8.76. The summed E-state index contributed by atoms with van der Waals surface area (Å²) in [4.78, 5) is 8.63. The van der Waals surface area contributed by atoms with Crippen molar-refractivity contribution in [2.45, 2.75) is 6.04 Å². The van der Waals surface area contributed by atoms with E-state index < -0.39 is 0 Å². The number of benzene rings is 1. The number of aromatic nitrogens is 2. The molecule has 0 amide bonds. The van der Waals surface area contributed by atoms with Crippen LogP contribution < -0.4 is 10.1 Å². The second-order valence-corrected chi connectivity index (χ2v) is 6.44. The first-order chi connectivity index (χ1) is 12.5. The predicted octanol–water partition coefficient (Wildman–Crippen LogP) is 1.61. The van der Waals surface area contributed by atoms with Crippen molar-refractivity contribution in [1.29, 1.82) is 0 Å². The molecular weight excluding hydrogens is 328 g/mol. The summed E-state index contributed by atoms with van der Waals surface area (Å²) in [6.45, 7) is 2.09. The van der Waals surface area contributed by atoms with E-state index in [1.165, 1.54) is 5.56 Å². The van der Waals surface area contributed by atoms with Crippen molar-refractivity contribution in [3.63, 3.8) is 0 Å².